The van der Waals surface area contributed by atoms with Crippen molar-refractivity contribution < 1.29 is 14.6 Å². The molecule has 1 rings (SSSR count). The number of aliphatic hydroxyl groups is 1. The van der Waals surface area contributed by atoms with Gasteiger partial charge in [0.2, 0.25) is 5.88 Å². The monoisotopic (exact) mass is 169 g/mol. The molecule has 0 amide bonds. The number of ether oxygens (including phenoxy) is 2. The first-order chi connectivity index (χ1) is 5.81. The van der Waals surface area contributed by atoms with Crippen molar-refractivity contribution in [3.63, 3.8) is 0 Å². The van der Waals surface area contributed by atoms with Gasteiger partial charge in [-0.05, 0) is 0 Å². The lowest BCUT2D eigenvalue weighted by Crippen LogP contribution is -1.95. The van der Waals surface area contributed by atoms with Gasteiger partial charge < -0.3 is 14.6 Å². The second kappa shape index (κ2) is 3.92. The van der Waals surface area contributed by atoms with Crippen LogP contribution in [0, 0.1) is 0 Å². The zero-order valence-corrected chi connectivity index (χ0v) is 7.07. The Morgan fingerprint density at radius 2 is 2.17 bits per heavy atom. The Kier molecular flexibility index (Phi) is 2.88. The van der Waals surface area contributed by atoms with E-state index >= 15 is 0 Å². The quantitative estimate of drug-likeness (QED) is 0.719. The standard InChI is InChI=1S/C8H11NO3/c1-11-7-3-8(12-2)9-4-6(7)5-10/h3-4,10H,5H2,1-2H3. The lowest BCUT2D eigenvalue weighted by atomic mass is 10.3. The summed E-state index contributed by atoms with van der Waals surface area (Å²) in [5, 5.41) is 8.85. The summed E-state index contributed by atoms with van der Waals surface area (Å²) in [5.74, 6) is 1.06. The van der Waals surface area contributed by atoms with Crippen LogP contribution < -0.4 is 9.47 Å². The number of hydrogen-bond acceptors (Lipinski definition) is 4. The average molecular weight is 169 g/mol. The molecule has 66 valence electrons. The summed E-state index contributed by atoms with van der Waals surface area (Å²) in [7, 11) is 3.06. The maximum atomic E-state index is 8.85. The Labute approximate surface area is 70.8 Å². The number of nitrogens with zero attached hydrogens (tertiary/aromatic N) is 1. The van der Waals surface area contributed by atoms with E-state index in [1.54, 1.807) is 6.07 Å². The van der Waals surface area contributed by atoms with Crippen molar-refractivity contribution >= 4 is 0 Å². The Hall–Kier alpha value is -1.29. The maximum absolute atomic E-state index is 8.85. The Morgan fingerprint density at radius 3 is 2.67 bits per heavy atom. The molecular formula is C8H11NO3. The largest absolute Gasteiger partial charge is 0.496 e. The number of rotatable bonds is 3. The molecule has 0 bridgehead atoms. The van der Waals surface area contributed by atoms with Crippen LogP contribution in [-0.4, -0.2) is 24.3 Å². The van der Waals surface area contributed by atoms with Crippen molar-refractivity contribution in [3.8, 4) is 11.6 Å². The molecule has 0 aliphatic heterocycles. The van der Waals surface area contributed by atoms with Gasteiger partial charge in [0, 0.05) is 17.8 Å². The first-order valence-corrected chi connectivity index (χ1v) is 3.49. The van der Waals surface area contributed by atoms with Gasteiger partial charge >= 0.3 is 0 Å². The second-order valence-electron chi connectivity index (χ2n) is 2.20. The Balaban J connectivity index is 3.02. The van der Waals surface area contributed by atoms with Crippen molar-refractivity contribution in [2.45, 2.75) is 6.61 Å². The van der Waals surface area contributed by atoms with Crippen LogP contribution in [0.3, 0.4) is 0 Å². The molecule has 0 saturated heterocycles. The van der Waals surface area contributed by atoms with Gasteiger partial charge in [-0.2, -0.15) is 0 Å². The third-order valence-corrected chi connectivity index (χ3v) is 1.52. The van der Waals surface area contributed by atoms with Gasteiger partial charge in [0.05, 0.1) is 20.8 Å². The van der Waals surface area contributed by atoms with Crippen molar-refractivity contribution in [2.24, 2.45) is 0 Å². The fraction of sp³-hybridized carbons (Fsp3) is 0.375. The molecule has 1 heterocycles. The van der Waals surface area contributed by atoms with Crippen LogP contribution in [0.15, 0.2) is 12.3 Å². The van der Waals surface area contributed by atoms with E-state index in [9.17, 15) is 0 Å². The Morgan fingerprint density at radius 1 is 1.42 bits per heavy atom. The van der Waals surface area contributed by atoms with Gasteiger partial charge in [-0.3, -0.25) is 0 Å². The van der Waals surface area contributed by atoms with E-state index in [-0.39, 0.29) is 6.61 Å². The molecule has 0 radical (unpaired) electrons. The Bertz CT molecular complexity index is 262. The zero-order chi connectivity index (χ0) is 8.97. The van der Waals surface area contributed by atoms with E-state index < -0.39 is 0 Å². The number of pyridine rings is 1. The number of hydrogen-bond donors (Lipinski definition) is 1. The van der Waals surface area contributed by atoms with Crippen molar-refractivity contribution in [1.29, 1.82) is 0 Å². The maximum Gasteiger partial charge on any atom is 0.216 e. The van der Waals surface area contributed by atoms with Crippen LogP contribution in [0.2, 0.25) is 0 Å². The zero-order valence-electron chi connectivity index (χ0n) is 7.07. The minimum absolute atomic E-state index is 0.0832. The van der Waals surface area contributed by atoms with Crippen LogP contribution in [0.4, 0.5) is 0 Å². The minimum Gasteiger partial charge on any atom is -0.496 e. The van der Waals surface area contributed by atoms with E-state index in [2.05, 4.69) is 4.98 Å². The molecule has 1 aromatic rings. The molecule has 4 nitrogen and oxygen atoms in total. The van der Waals surface area contributed by atoms with Crippen molar-refractivity contribution in [1.82, 2.24) is 4.98 Å². The van der Waals surface area contributed by atoms with Crippen LogP contribution >= 0.6 is 0 Å². The third kappa shape index (κ3) is 1.65. The highest BCUT2D eigenvalue weighted by Gasteiger charge is 2.03. The molecule has 0 aliphatic rings. The minimum atomic E-state index is -0.0832. The highest BCUT2D eigenvalue weighted by atomic mass is 16.5. The molecule has 0 fully saturated rings. The molecular weight excluding hydrogens is 158 g/mol. The van der Waals surface area contributed by atoms with Crippen LogP contribution in [-0.2, 0) is 6.61 Å². The van der Waals surface area contributed by atoms with Crippen LogP contribution in [0.25, 0.3) is 0 Å². The van der Waals surface area contributed by atoms with E-state index in [0.29, 0.717) is 17.2 Å². The van der Waals surface area contributed by atoms with Crippen molar-refractivity contribution in [3.05, 3.63) is 17.8 Å². The van der Waals surface area contributed by atoms with Crippen molar-refractivity contribution in [2.75, 3.05) is 14.2 Å². The van der Waals surface area contributed by atoms with Gasteiger partial charge in [-0.25, -0.2) is 4.98 Å². The van der Waals surface area contributed by atoms with Crippen LogP contribution in [0.1, 0.15) is 5.56 Å². The van der Waals surface area contributed by atoms with Gasteiger partial charge in [-0.1, -0.05) is 0 Å². The first-order valence-electron chi connectivity index (χ1n) is 3.49. The number of aliphatic hydroxyl groups excluding tert-OH is 1. The molecule has 0 aliphatic carbocycles. The lowest BCUT2D eigenvalue weighted by molar-refractivity contribution is 0.272. The van der Waals surface area contributed by atoms with Gasteiger partial charge in [0.15, 0.2) is 0 Å². The number of methoxy groups -OCH3 is 2. The lowest BCUT2D eigenvalue weighted by Gasteiger charge is -2.06. The van der Waals surface area contributed by atoms with E-state index in [1.807, 2.05) is 0 Å². The van der Waals surface area contributed by atoms with E-state index in [0.717, 1.165) is 0 Å². The van der Waals surface area contributed by atoms with Crippen LogP contribution in [0.5, 0.6) is 11.6 Å². The predicted molar refractivity (Wildman–Crippen MR) is 43.3 cm³/mol. The predicted octanol–water partition coefficient (Wildman–Crippen LogP) is 0.591. The summed E-state index contributed by atoms with van der Waals surface area (Å²) >= 11 is 0. The van der Waals surface area contributed by atoms with E-state index in [1.165, 1.54) is 20.4 Å². The smallest absolute Gasteiger partial charge is 0.216 e. The summed E-state index contributed by atoms with van der Waals surface area (Å²) in [6.07, 6.45) is 1.53. The normalized spacial score (nSPS) is 9.58. The summed E-state index contributed by atoms with van der Waals surface area (Å²) in [4.78, 5) is 3.91. The second-order valence-corrected chi connectivity index (χ2v) is 2.20. The topological polar surface area (TPSA) is 51.6 Å². The average Bonchev–Trinajstić information content (AvgIpc) is 2.16. The van der Waals surface area contributed by atoms with Gasteiger partial charge in [0.1, 0.15) is 5.75 Å². The molecule has 0 aromatic carbocycles. The van der Waals surface area contributed by atoms with E-state index in [4.69, 9.17) is 14.6 Å². The molecule has 0 unspecified atom stereocenters. The fourth-order valence-corrected chi connectivity index (χ4v) is 0.868. The third-order valence-electron chi connectivity index (χ3n) is 1.52. The molecule has 0 spiro atoms. The highest BCUT2D eigenvalue weighted by Crippen LogP contribution is 2.21. The summed E-state index contributed by atoms with van der Waals surface area (Å²) < 4.78 is 9.88. The molecule has 12 heavy (non-hydrogen) atoms. The van der Waals surface area contributed by atoms with Gasteiger partial charge in [0.25, 0.3) is 0 Å². The SMILES string of the molecule is COc1cc(OC)c(CO)cn1. The molecule has 4 heteroatoms. The highest BCUT2D eigenvalue weighted by molar-refractivity contribution is 5.34. The number of aromatic nitrogens is 1. The summed E-state index contributed by atoms with van der Waals surface area (Å²) in [6.45, 7) is -0.0832. The molecule has 1 aromatic heterocycles. The fourth-order valence-electron chi connectivity index (χ4n) is 0.868. The molecule has 0 saturated carbocycles. The summed E-state index contributed by atoms with van der Waals surface area (Å²) in [5.41, 5.74) is 0.651. The first kappa shape index (κ1) is 8.80. The molecule has 1 N–H and O–H groups in total. The van der Waals surface area contributed by atoms with Gasteiger partial charge in [-0.15, -0.1) is 0 Å². The molecule has 0 atom stereocenters. The summed E-state index contributed by atoms with van der Waals surface area (Å²) in [6, 6.07) is 1.63.